The van der Waals surface area contributed by atoms with E-state index in [2.05, 4.69) is 37.2 Å². The highest BCUT2D eigenvalue weighted by Gasteiger charge is 2.18. The topological polar surface area (TPSA) is 12.0 Å². The standard InChI is InChI=1S/C16H15Br2F2N/c1-2-21-15(12-4-3-5-14(18)16(12)20)9-10-8-11(19)6-7-13(10)17/h3-8,15,21H,2,9H2,1H3. The van der Waals surface area contributed by atoms with Crippen LogP contribution in [0.25, 0.3) is 0 Å². The minimum atomic E-state index is -0.293. The molecule has 0 bridgehead atoms. The average Bonchev–Trinajstić information content (AvgIpc) is 2.45. The van der Waals surface area contributed by atoms with Crippen molar-refractivity contribution in [1.82, 2.24) is 5.32 Å². The molecule has 2 rings (SSSR count). The van der Waals surface area contributed by atoms with E-state index in [0.29, 0.717) is 23.0 Å². The summed E-state index contributed by atoms with van der Waals surface area (Å²) in [7, 11) is 0. The lowest BCUT2D eigenvalue weighted by atomic mass is 9.98. The number of nitrogens with one attached hydrogen (secondary N) is 1. The van der Waals surface area contributed by atoms with Crippen LogP contribution in [-0.2, 0) is 6.42 Å². The van der Waals surface area contributed by atoms with Crippen molar-refractivity contribution in [1.29, 1.82) is 0 Å². The molecule has 0 radical (unpaired) electrons. The van der Waals surface area contributed by atoms with E-state index in [1.165, 1.54) is 12.1 Å². The Labute approximate surface area is 140 Å². The van der Waals surface area contributed by atoms with E-state index in [4.69, 9.17) is 0 Å². The predicted molar refractivity (Wildman–Crippen MR) is 88.3 cm³/mol. The van der Waals surface area contributed by atoms with Crippen LogP contribution in [0.2, 0.25) is 0 Å². The van der Waals surface area contributed by atoms with Crippen LogP contribution in [0.5, 0.6) is 0 Å². The lowest BCUT2D eigenvalue weighted by Crippen LogP contribution is -2.24. The molecule has 2 aromatic carbocycles. The largest absolute Gasteiger partial charge is 0.310 e. The highest BCUT2D eigenvalue weighted by atomic mass is 79.9. The van der Waals surface area contributed by atoms with Crippen LogP contribution in [0, 0.1) is 11.6 Å². The van der Waals surface area contributed by atoms with Crippen molar-refractivity contribution in [2.75, 3.05) is 6.54 Å². The molecule has 0 aliphatic heterocycles. The predicted octanol–water partition coefficient (Wildman–Crippen LogP) is 5.38. The van der Waals surface area contributed by atoms with Crippen LogP contribution in [0.1, 0.15) is 24.1 Å². The SMILES string of the molecule is CCNC(Cc1cc(F)ccc1Br)c1cccc(Br)c1F. The van der Waals surface area contributed by atoms with Gasteiger partial charge in [0.15, 0.2) is 0 Å². The fourth-order valence-electron chi connectivity index (χ4n) is 2.25. The Hall–Kier alpha value is -0.780. The van der Waals surface area contributed by atoms with Gasteiger partial charge in [-0.15, -0.1) is 0 Å². The third-order valence-corrected chi connectivity index (χ3v) is 4.63. The van der Waals surface area contributed by atoms with Gasteiger partial charge in [0.05, 0.1) is 4.47 Å². The normalized spacial score (nSPS) is 12.4. The van der Waals surface area contributed by atoms with E-state index in [0.717, 1.165) is 10.0 Å². The highest BCUT2D eigenvalue weighted by Crippen LogP contribution is 2.28. The molecule has 21 heavy (non-hydrogen) atoms. The molecule has 0 aromatic heterocycles. The van der Waals surface area contributed by atoms with E-state index in [1.807, 2.05) is 6.92 Å². The average molecular weight is 419 g/mol. The van der Waals surface area contributed by atoms with E-state index >= 15 is 0 Å². The lowest BCUT2D eigenvalue weighted by Gasteiger charge is -2.20. The van der Waals surface area contributed by atoms with Gasteiger partial charge in [-0.2, -0.15) is 0 Å². The smallest absolute Gasteiger partial charge is 0.142 e. The van der Waals surface area contributed by atoms with Crippen molar-refractivity contribution in [3.8, 4) is 0 Å². The van der Waals surface area contributed by atoms with Crippen molar-refractivity contribution in [3.63, 3.8) is 0 Å². The van der Waals surface area contributed by atoms with Crippen LogP contribution in [-0.4, -0.2) is 6.54 Å². The minimum Gasteiger partial charge on any atom is -0.310 e. The van der Waals surface area contributed by atoms with Crippen LogP contribution in [0.4, 0.5) is 8.78 Å². The molecule has 0 saturated heterocycles. The number of likely N-dealkylation sites (N-methyl/N-ethyl adjacent to an activating group) is 1. The fraction of sp³-hybridized carbons (Fsp3) is 0.250. The quantitative estimate of drug-likeness (QED) is 0.686. The monoisotopic (exact) mass is 417 g/mol. The summed E-state index contributed by atoms with van der Waals surface area (Å²) >= 11 is 6.62. The number of rotatable bonds is 5. The van der Waals surface area contributed by atoms with Gasteiger partial charge in [-0.05, 0) is 58.7 Å². The Bertz CT molecular complexity index is 632. The number of halogens is 4. The van der Waals surface area contributed by atoms with Gasteiger partial charge in [-0.25, -0.2) is 8.78 Å². The van der Waals surface area contributed by atoms with Crippen LogP contribution in [0.3, 0.4) is 0 Å². The first kappa shape index (κ1) is 16.6. The molecule has 0 spiro atoms. The summed E-state index contributed by atoms with van der Waals surface area (Å²) in [6.45, 7) is 2.66. The molecule has 5 heteroatoms. The molecular weight excluding hydrogens is 404 g/mol. The van der Waals surface area contributed by atoms with Gasteiger partial charge in [0.25, 0.3) is 0 Å². The Morgan fingerprint density at radius 3 is 2.57 bits per heavy atom. The summed E-state index contributed by atoms with van der Waals surface area (Å²) in [4.78, 5) is 0. The summed E-state index contributed by atoms with van der Waals surface area (Å²) in [5.74, 6) is -0.575. The van der Waals surface area contributed by atoms with Gasteiger partial charge in [0.2, 0.25) is 0 Å². The second-order valence-corrected chi connectivity index (χ2v) is 6.40. The second-order valence-electron chi connectivity index (χ2n) is 4.69. The molecule has 1 N–H and O–H groups in total. The summed E-state index contributed by atoms with van der Waals surface area (Å²) < 4.78 is 28.9. The van der Waals surface area contributed by atoms with Crippen molar-refractivity contribution >= 4 is 31.9 Å². The Morgan fingerprint density at radius 1 is 1.10 bits per heavy atom. The summed E-state index contributed by atoms with van der Waals surface area (Å²) in [5.41, 5.74) is 1.38. The van der Waals surface area contributed by atoms with Crippen molar-refractivity contribution < 1.29 is 8.78 Å². The first-order valence-corrected chi connectivity index (χ1v) is 8.22. The van der Waals surface area contributed by atoms with Crippen LogP contribution < -0.4 is 5.32 Å². The minimum absolute atomic E-state index is 0.217. The zero-order valence-corrected chi connectivity index (χ0v) is 14.6. The third-order valence-electron chi connectivity index (χ3n) is 3.24. The number of hydrogen-bond acceptors (Lipinski definition) is 1. The van der Waals surface area contributed by atoms with Crippen molar-refractivity contribution in [2.45, 2.75) is 19.4 Å². The Morgan fingerprint density at radius 2 is 1.86 bits per heavy atom. The number of hydrogen-bond donors (Lipinski definition) is 1. The summed E-state index contributed by atoms with van der Waals surface area (Å²) in [6.07, 6.45) is 0.500. The molecule has 0 fully saturated rings. The molecule has 0 aliphatic carbocycles. The zero-order chi connectivity index (χ0) is 15.4. The van der Waals surface area contributed by atoms with Gasteiger partial charge >= 0.3 is 0 Å². The van der Waals surface area contributed by atoms with Gasteiger partial charge in [-0.3, -0.25) is 0 Å². The van der Waals surface area contributed by atoms with E-state index < -0.39 is 0 Å². The lowest BCUT2D eigenvalue weighted by molar-refractivity contribution is 0.506. The van der Waals surface area contributed by atoms with E-state index in [9.17, 15) is 8.78 Å². The molecule has 1 atom stereocenters. The summed E-state index contributed by atoms with van der Waals surface area (Å²) in [5, 5.41) is 3.26. The second kappa shape index (κ2) is 7.47. The first-order chi connectivity index (χ1) is 10.0. The molecule has 0 aliphatic rings. The van der Waals surface area contributed by atoms with Crippen LogP contribution in [0.15, 0.2) is 45.3 Å². The number of benzene rings is 2. The molecular formula is C16H15Br2F2N. The molecule has 1 nitrogen and oxygen atoms in total. The Kier molecular flexibility index (Phi) is 5.90. The maximum absolute atomic E-state index is 14.3. The van der Waals surface area contributed by atoms with Gasteiger partial charge in [0, 0.05) is 16.1 Å². The Balaban J connectivity index is 2.35. The maximum Gasteiger partial charge on any atom is 0.142 e. The third kappa shape index (κ3) is 4.11. The molecule has 0 saturated carbocycles. The van der Waals surface area contributed by atoms with E-state index in [1.54, 1.807) is 24.3 Å². The van der Waals surface area contributed by atoms with E-state index in [-0.39, 0.29) is 17.7 Å². The summed E-state index contributed by atoms with van der Waals surface area (Å²) in [6, 6.07) is 9.55. The van der Waals surface area contributed by atoms with Gasteiger partial charge in [-0.1, -0.05) is 35.0 Å². The van der Waals surface area contributed by atoms with Gasteiger partial charge < -0.3 is 5.32 Å². The molecule has 2 aromatic rings. The fourth-order valence-corrected chi connectivity index (χ4v) is 3.04. The maximum atomic E-state index is 14.3. The molecule has 0 heterocycles. The molecule has 0 amide bonds. The van der Waals surface area contributed by atoms with Crippen molar-refractivity contribution in [3.05, 3.63) is 68.1 Å². The highest BCUT2D eigenvalue weighted by molar-refractivity contribution is 9.10. The van der Waals surface area contributed by atoms with Crippen molar-refractivity contribution in [2.24, 2.45) is 0 Å². The van der Waals surface area contributed by atoms with Crippen LogP contribution >= 0.6 is 31.9 Å². The zero-order valence-electron chi connectivity index (χ0n) is 11.5. The molecule has 112 valence electrons. The molecule has 1 unspecified atom stereocenters. The van der Waals surface area contributed by atoms with Gasteiger partial charge in [0.1, 0.15) is 11.6 Å². The first-order valence-electron chi connectivity index (χ1n) is 6.64.